The smallest absolute Gasteiger partial charge is 0.242 e. The first-order valence-electron chi connectivity index (χ1n) is 6.36. The van der Waals surface area contributed by atoms with Gasteiger partial charge in [-0.2, -0.15) is 5.26 Å². The lowest BCUT2D eigenvalue weighted by Gasteiger charge is -2.40. The summed E-state index contributed by atoms with van der Waals surface area (Å²) in [5, 5.41) is 8.79. The molecule has 0 aliphatic carbocycles. The van der Waals surface area contributed by atoms with E-state index >= 15 is 0 Å². The van der Waals surface area contributed by atoms with Crippen LogP contribution < -0.4 is 10.6 Å². The summed E-state index contributed by atoms with van der Waals surface area (Å²) in [6, 6.07) is 9.57. The average Bonchev–Trinajstić information content (AvgIpc) is 2.44. The number of rotatable bonds is 3. The molecule has 100 valence electrons. The van der Waals surface area contributed by atoms with Crippen LogP contribution in [0, 0.1) is 11.3 Å². The Morgan fingerprint density at radius 1 is 1.42 bits per heavy atom. The fourth-order valence-electron chi connectivity index (χ4n) is 2.34. The van der Waals surface area contributed by atoms with Gasteiger partial charge in [-0.1, -0.05) is 0 Å². The number of nitrogens with two attached hydrogens (primary N) is 1. The summed E-state index contributed by atoms with van der Waals surface area (Å²) in [7, 11) is 1.83. The zero-order valence-electron chi connectivity index (χ0n) is 11.0. The number of carbonyl (C=O) groups excluding carboxylic acids is 1. The molecule has 1 amide bonds. The van der Waals surface area contributed by atoms with Crippen molar-refractivity contribution in [1.82, 2.24) is 4.90 Å². The van der Waals surface area contributed by atoms with Gasteiger partial charge in [-0.25, -0.2) is 0 Å². The van der Waals surface area contributed by atoms with Crippen LogP contribution in [0.3, 0.4) is 0 Å². The molecule has 5 heteroatoms. The monoisotopic (exact) mass is 258 g/mol. The minimum absolute atomic E-state index is 0.106. The number of amides is 1. The number of hydrogen-bond donors (Lipinski definition) is 1. The molecular formula is C14H18N4O. The fourth-order valence-corrected chi connectivity index (χ4v) is 2.34. The van der Waals surface area contributed by atoms with Crippen LogP contribution in [0.5, 0.6) is 0 Å². The molecule has 1 atom stereocenters. The Morgan fingerprint density at radius 2 is 2.11 bits per heavy atom. The van der Waals surface area contributed by atoms with Gasteiger partial charge in [0.15, 0.2) is 0 Å². The van der Waals surface area contributed by atoms with Gasteiger partial charge >= 0.3 is 0 Å². The average molecular weight is 258 g/mol. The highest BCUT2D eigenvalue weighted by Crippen LogP contribution is 2.20. The molecule has 2 N–H and O–H groups in total. The van der Waals surface area contributed by atoms with Crippen LogP contribution in [0.15, 0.2) is 24.3 Å². The molecule has 1 heterocycles. The lowest BCUT2D eigenvalue weighted by Crippen LogP contribution is -2.55. The van der Waals surface area contributed by atoms with Gasteiger partial charge in [-0.05, 0) is 37.2 Å². The van der Waals surface area contributed by atoms with E-state index in [0.717, 1.165) is 18.7 Å². The molecule has 1 fully saturated rings. The number of nitriles is 1. The number of piperazine rings is 1. The number of carbonyl (C=O) groups is 1. The zero-order chi connectivity index (χ0) is 13.8. The first kappa shape index (κ1) is 13.4. The summed E-state index contributed by atoms with van der Waals surface area (Å²) in [5.41, 5.74) is 7.20. The highest BCUT2D eigenvalue weighted by atomic mass is 16.2. The predicted molar refractivity (Wildman–Crippen MR) is 73.6 cm³/mol. The Kier molecular flexibility index (Phi) is 4.03. The van der Waals surface area contributed by atoms with Crippen molar-refractivity contribution in [2.24, 2.45) is 5.73 Å². The Morgan fingerprint density at radius 3 is 2.68 bits per heavy atom. The number of anilines is 1. The summed E-state index contributed by atoms with van der Waals surface area (Å²) in [6.07, 6.45) is 0.801. The molecule has 5 nitrogen and oxygen atoms in total. The number of hydrogen-bond acceptors (Lipinski definition) is 4. The third kappa shape index (κ3) is 2.85. The maximum Gasteiger partial charge on any atom is 0.242 e. The van der Waals surface area contributed by atoms with Crippen LogP contribution in [0.25, 0.3) is 0 Å². The van der Waals surface area contributed by atoms with Crippen molar-refractivity contribution < 1.29 is 4.79 Å². The van der Waals surface area contributed by atoms with E-state index in [4.69, 9.17) is 11.0 Å². The lowest BCUT2D eigenvalue weighted by atomic mass is 10.1. The molecule has 1 saturated heterocycles. The molecule has 1 aromatic carbocycles. The lowest BCUT2D eigenvalue weighted by molar-refractivity contribution is -0.132. The summed E-state index contributed by atoms with van der Waals surface area (Å²) in [6.45, 7) is 1.73. The second-order valence-electron chi connectivity index (χ2n) is 4.78. The molecular weight excluding hydrogens is 240 g/mol. The second-order valence-corrected chi connectivity index (χ2v) is 4.78. The van der Waals surface area contributed by atoms with Gasteiger partial charge in [0.25, 0.3) is 0 Å². The molecule has 1 aliphatic heterocycles. The van der Waals surface area contributed by atoms with Crippen molar-refractivity contribution in [1.29, 1.82) is 5.26 Å². The number of likely N-dealkylation sites (N-methyl/N-ethyl adjacent to an activating group) is 1. The Bertz CT molecular complexity index is 491. The van der Waals surface area contributed by atoms with E-state index in [2.05, 4.69) is 6.07 Å². The Balaban J connectivity index is 2.15. The highest BCUT2D eigenvalue weighted by Gasteiger charge is 2.29. The minimum atomic E-state index is 0.106. The Labute approximate surface area is 113 Å². The van der Waals surface area contributed by atoms with Gasteiger partial charge in [0.2, 0.25) is 5.91 Å². The van der Waals surface area contributed by atoms with Crippen molar-refractivity contribution in [3.8, 4) is 6.07 Å². The fraction of sp³-hybridized carbons (Fsp3) is 0.429. The van der Waals surface area contributed by atoms with E-state index in [-0.39, 0.29) is 11.9 Å². The first-order valence-corrected chi connectivity index (χ1v) is 6.36. The molecule has 0 spiro atoms. The number of benzene rings is 1. The maximum atomic E-state index is 12.0. The van der Waals surface area contributed by atoms with Crippen molar-refractivity contribution in [3.63, 3.8) is 0 Å². The maximum absolute atomic E-state index is 12.0. The van der Waals surface area contributed by atoms with E-state index in [1.807, 2.05) is 24.1 Å². The van der Waals surface area contributed by atoms with E-state index in [0.29, 0.717) is 18.7 Å². The molecule has 0 radical (unpaired) electrons. The van der Waals surface area contributed by atoms with Crippen molar-refractivity contribution in [2.75, 3.05) is 31.6 Å². The summed E-state index contributed by atoms with van der Waals surface area (Å²) in [5.74, 6) is 0.106. The molecule has 1 unspecified atom stereocenters. The molecule has 19 heavy (non-hydrogen) atoms. The summed E-state index contributed by atoms with van der Waals surface area (Å²) in [4.78, 5) is 15.8. The van der Waals surface area contributed by atoms with Crippen LogP contribution in [0.1, 0.15) is 12.0 Å². The van der Waals surface area contributed by atoms with Crippen LogP contribution in [0.4, 0.5) is 5.69 Å². The minimum Gasteiger partial charge on any atom is -0.360 e. The highest BCUT2D eigenvalue weighted by molar-refractivity contribution is 5.83. The van der Waals surface area contributed by atoms with Crippen LogP contribution in [-0.4, -0.2) is 43.5 Å². The zero-order valence-corrected chi connectivity index (χ0v) is 11.0. The van der Waals surface area contributed by atoms with Gasteiger partial charge in [0, 0.05) is 19.3 Å². The quantitative estimate of drug-likeness (QED) is 0.859. The molecule has 0 saturated carbocycles. The van der Waals surface area contributed by atoms with Gasteiger partial charge in [-0.3, -0.25) is 4.79 Å². The van der Waals surface area contributed by atoms with E-state index in [1.165, 1.54) is 0 Å². The van der Waals surface area contributed by atoms with Crippen LogP contribution in [-0.2, 0) is 4.79 Å². The largest absolute Gasteiger partial charge is 0.360 e. The standard InChI is InChI=1S/C14H18N4O/c1-17-13(6-7-15)9-18(10-14(17)19)12-4-2-11(8-16)3-5-12/h2-5,13H,6-7,9-10,15H2,1H3. The molecule has 0 bridgehead atoms. The third-order valence-corrected chi connectivity index (χ3v) is 3.56. The summed E-state index contributed by atoms with van der Waals surface area (Å²) < 4.78 is 0. The third-order valence-electron chi connectivity index (χ3n) is 3.56. The van der Waals surface area contributed by atoms with Gasteiger partial charge in [0.1, 0.15) is 0 Å². The number of nitrogens with zero attached hydrogens (tertiary/aromatic N) is 3. The topological polar surface area (TPSA) is 73.4 Å². The summed E-state index contributed by atoms with van der Waals surface area (Å²) >= 11 is 0. The first-order chi connectivity index (χ1) is 9.15. The van der Waals surface area contributed by atoms with Crippen LogP contribution >= 0.6 is 0 Å². The molecule has 1 aromatic rings. The Hall–Kier alpha value is -2.06. The van der Waals surface area contributed by atoms with Crippen molar-refractivity contribution >= 4 is 11.6 Å². The van der Waals surface area contributed by atoms with Crippen molar-refractivity contribution in [2.45, 2.75) is 12.5 Å². The predicted octanol–water partition coefficient (Wildman–Crippen LogP) is 0.554. The SMILES string of the molecule is CN1C(=O)CN(c2ccc(C#N)cc2)CC1CCN. The van der Waals surface area contributed by atoms with Gasteiger partial charge < -0.3 is 15.5 Å². The van der Waals surface area contributed by atoms with Crippen LogP contribution in [0.2, 0.25) is 0 Å². The van der Waals surface area contributed by atoms with E-state index < -0.39 is 0 Å². The normalized spacial score (nSPS) is 19.4. The van der Waals surface area contributed by atoms with E-state index in [9.17, 15) is 4.79 Å². The second kappa shape index (κ2) is 5.72. The van der Waals surface area contributed by atoms with Crippen molar-refractivity contribution in [3.05, 3.63) is 29.8 Å². The molecule has 2 rings (SSSR count). The van der Waals surface area contributed by atoms with Gasteiger partial charge in [0.05, 0.1) is 24.2 Å². The van der Waals surface area contributed by atoms with Gasteiger partial charge in [-0.15, -0.1) is 0 Å². The molecule has 0 aromatic heterocycles. The van der Waals surface area contributed by atoms with E-state index in [1.54, 1.807) is 17.0 Å². The molecule has 1 aliphatic rings.